The van der Waals surface area contributed by atoms with Crippen LogP contribution in [-0.4, -0.2) is 18.1 Å². The third-order valence-electron chi connectivity index (χ3n) is 2.80. The van der Waals surface area contributed by atoms with Gasteiger partial charge in [0.15, 0.2) is 0 Å². The number of aryl methyl sites for hydroxylation is 1. The normalized spacial score (nSPS) is 10.2. The van der Waals surface area contributed by atoms with E-state index in [-0.39, 0.29) is 11.3 Å². The van der Waals surface area contributed by atoms with Gasteiger partial charge in [-0.3, -0.25) is 4.79 Å². The van der Waals surface area contributed by atoms with E-state index < -0.39 is 11.7 Å². The summed E-state index contributed by atoms with van der Waals surface area (Å²) in [6, 6.07) is 8.67. The molecule has 0 aliphatic heterocycles. The first-order chi connectivity index (χ1) is 9.51. The van der Waals surface area contributed by atoms with Gasteiger partial charge >= 0.3 is 0 Å². The Morgan fingerprint density at radius 3 is 2.65 bits per heavy atom. The highest BCUT2D eigenvalue weighted by Gasteiger charge is 2.14. The minimum absolute atomic E-state index is 0.147. The first kappa shape index (κ1) is 13.9. The highest BCUT2D eigenvalue weighted by atomic mass is 19.1. The second-order valence-corrected chi connectivity index (χ2v) is 4.32. The van der Waals surface area contributed by atoms with E-state index in [2.05, 4.69) is 5.32 Å². The number of carbonyl (C=O) groups excluding carboxylic acids is 1. The zero-order valence-electron chi connectivity index (χ0n) is 11.1. The summed E-state index contributed by atoms with van der Waals surface area (Å²) in [6.07, 6.45) is 0. The molecule has 0 bridgehead atoms. The fourth-order valence-electron chi connectivity index (χ4n) is 1.80. The molecule has 0 saturated heterocycles. The van der Waals surface area contributed by atoms with Crippen LogP contribution in [0.1, 0.15) is 15.9 Å². The molecule has 0 radical (unpaired) electrons. The van der Waals surface area contributed by atoms with Crippen LogP contribution in [-0.2, 0) is 0 Å². The Balaban J connectivity index is 2.30. The van der Waals surface area contributed by atoms with Crippen LogP contribution in [0, 0.1) is 12.7 Å². The summed E-state index contributed by atoms with van der Waals surface area (Å²) in [5.41, 5.74) is 1.25. The number of aromatic hydroxyl groups is 1. The van der Waals surface area contributed by atoms with Crippen molar-refractivity contribution in [3.8, 4) is 11.5 Å². The van der Waals surface area contributed by atoms with Gasteiger partial charge in [0, 0.05) is 6.07 Å². The molecule has 5 heteroatoms. The lowest BCUT2D eigenvalue weighted by Gasteiger charge is -2.11. The highest BCUT2D eigenvalue weighted by molar-refractivity contribution is 6.05. The lowest BCUT2D eigenvalue weighted by atomic mass is 10.1. The van der Waals surface area contributed by atoms with Crippen molar-refractivity contribution in [3.63, 3.8) is 0 Å². The van der Waals surface area contributed by atoms with E-state index in [9.17, 15) is 9.18 Å². The number of methoxy groups -OCH3 is 1. The molecule has 2 N–H and O–H groups in total. The highest BCUT2D eigenvalue weighted by Crippen LogP contribution is 2.26. The van der Waals surface area contributed by atoms with Crippen molar-refractivity contribution >= 4 is 11.6 Å². The Bertz CT molecular complexity index is 656. The third-order valence-corrected chi connectivity index (χ3v) is 2.80. The van der Waals surface area contributed by atoms with Gasteiger partial charge in [0.05, 0.1) is 18.4 Å². The monoisotopic (exact) mass is 275 g/mol. The summed E-state index contributed by atoms with van der Waals surface area (Å²) in [6.45, 7) is 1.87. The number of anilines is 1. The number of halogens is 1. The summed E-state index contributed by atoms with van der Waals surface area (Å²) in [5.74, 6) is -1.13. The van der Waals surface area contributed by atoms with Gasteiger partial charge in [-0.05, 0) is 36.8 Å². The number of ether oxygens (including phenoxy) is 1. The second-order valence-electron chi connectivity index (χ2n) is 4.32. The van der Waals surface area contributed by atoms with Crippen molar-refractivity contribution in [2.75, 3.05) is 12.4 Å². The molecular weight excluding hydrogens is 261 g/mol. The molecule has 2 rings (SSSR count). The second kappa shape index (κ2) is 5.61. The van der Waals surface area contributed by atoms with E-state index >= 15 is 0 Å². The molecule has 0 aliphatic carbocycles. The number of phenols is 1. The van der Waals surface area contributed by atoms with Crippen molar-refractivity contribution in [1.29, 1.82) is 0 Å². The first-order valence-electron chi connectivity index (χ1n) is 5.96. The zero-order chi connectivity index (χ0) is 14.7. The molecule has 0 aliphatic rings. The Morgan fingerprint density at radius 1 is 1.25 bits per heavy atom. The van der Waals surface area contributed by atoms with Crippen LogP contribution in [0.15, 0.2) is 36.4 Å². The summed E-state index contributed by atoms with van der Waals surface area (Å²) >= 11 is 0. The largest absolute Gasteiger partial charge is 0.508 e. The molecule has 104 valence electrons. The third kappa shape index (κ3) is 2.88. The van der Waals surface area contributed by atoms with Gasteiger partial charge < -0.3 is 15.2 Å². The minimum atomic E-state index is -0.783. The molecule has 1 amide bonds. The lowest BCUT2D eigenvalue weighted by molar-refractivity contribution is 0.102. The summed E-state index contributed by atoms with van der Waals surface area (Å²) in [7, 11) is 1.49. The van der Waals surface area contributed by atoms with Gasteiger partial charge in [0.2, 0.25) is 0 Å². The Kier molecular flexibility index (Phi) is 3.89. The van der Waals surface area contributed by atoms with Crippen molar-refractivity contribution in [1.82, 2.24) is 0 Å². The number of benzene rings is 2. The fraction of sp³-hybridized carbons (Fsp3) is 0.133. The summed E-state index contributed by atoms with van der Waals surface area (Å²) in [4.78, 5) is 12.0. The molecule has 4 nitrogen and oxygen atoms in total. The average molecular weight is 275 g/mol. The van der Waals surface area contributed by atoms with Gasteiger partial charge in [-0.15, -0.1) is 0 Å². The predicted octanol–water partition coefficient (Wildman–Crippen LogP) is 3.10. The Hall–Kier alpha value is -2.56. The first-order valence-corrected chi connectivity index (χ1v) is 5.96. The summed E-state index contributed by atoms with van der Waals surface area (Å²) in [5, 5.41) is 11.7. The van der Waals surface area contributed by atoms with Crippen LogP contribution < -0.4 is 10.1 Å². The predicted molar refractivity (Wildman–Crippen MR) is 73.7 cm³/mol. The van der Waals surface area contributed by atoms with Gasteiger partial charge in [0.1, 0.15) is 17.3 Å². The van der Waals surface area contributed by atoms with E-state index in [0.717, 1.165) is 11.6 Å². The molecule has 0 aromatic heterocycles. The van der Waals surface area contributed by atoms with Crippen molar-refractivity contribution in [3.05, 3.63) is 53.3 Å². The number of hydrogen-bond acceptors (Lipinski definition) is 3. The van der Waals surface area contributed by atoms with Crippen molar-refractivity contribution < 1.29 is 19.0 Å². The number of carbonyl (C=O) groups is 1. The Labute approximate surface area is 115 Å². The molecule has 0 unspecified atom stereocenters. The minimum Gasteiger partial charge on any atom is -0.508 e. The maximum Gasteiger partial charge on any atom is 0.258 e. The Morgan fingerprint density at radius 2 is 2.00 bits per heavy atom. The van der Waals surface area contributed by atoms with Crippen molar-refractivity contribution in [2.24, 2.45) is 0 Å². The molecule has 0 heterocycles. The maximum absolute atomic E-state index is 13.6. The van der Waals surface area contributed by atoms with E-state index in [0.29, 0.717) is 11.4 Å². The lowest BCUT2D eigenvalue weighted by Crippen LogP contribution is -2.14. The fourth-order valence-corrected chi connectivity index (χ4v) is 1.80. The molecular formula is C15H14FNO3. The van der Waals surface area contributed by atoms with Gasteiger partial charge in [-0.1, -0.05) is 6.07 Å². The van der Waals surface area contributed by atoms with Crippen LogP contribution >= 0.6 is 0 Å². The van der Waals surface area contributed by atoms with Gasteiger partial charge in [-0.2, -0.15) is 0 Å². The number of hydrogen-bond donors (Lipinski definition) is 2. The van der Waals surface area contributed by atoms with E-state index in [1.165, 1.54) is 19.2 Å². The quantitative estimate of drug-likeness (QED) is 0.905. The molecule has 0 spiro atoms. The van der Waals surface area contributed by atoms with Crippen LogP contribution in [0.3, 0.4) is 0 Å². The number of nitrogens with one attached hydrogen (secondary N) is 1. The van der Waals surface area contributed by atoms with Crippen LogP contribution in [0.2, 0.25) is 0 Å². The molecule has 0 saturated carbocycles. The van der Waals surface area contributed by atoms with Gasteiger partial charge in [-0.25, -0.2) is 4.39 Å². The maximum atomic E-state index is 13.6. The van der Waals surface area contributed by atoms with Crippen LogP contribution in [0.5, 0.6) is 11.5 Å². The molecule has 2 aromatic rings. The van der Waals surface area contributed by atoms with Gasteiger partial charge in [0.25, 0.3) is 5.91 Å². The zero-order valence-corrected chi connectivity index (χ0v) is 11.1. The molecule has 20 heavy (non-hydrogen) atoms. The molecule has 0 atom stereocenters. The average Bonchev–Trinajstić information content (AvgIpc) is 2.38. The number of amides is 1. The topological polar surface area (TPSA) is 58.6 Å². The van der Waals surface area contributed by atoms with E-state index in [4.69, 9.17) is 9.84 Å². The number of phenolic OH excluding ortho intramolecular Hbond substituents is 1. The molecule has 2 aromatic carbocycles. The number of rotatable bonds is 3. The standard InChI is InChI=1S/C15H14FNO3/c1-9-3-6-14(20-2)13(7-9)17-15(19)11-5-4-10(18)8-12(11)16/h3-8,18H,1-2H3,(H,17,19). The van der Waals surface area contributed by atoms with Crippen LogP contribution in [0.25, 0.3) is 0 Å². The smallest absolute Gasteiger partial charge is 0.258 e. The molecule has 0 fully saturated rings. The van der Waals surface area contributed by atoms with E-state index in [1.54, 1.807) is 12.1 Å². The van der Waals surface area contributed by atoms with E-state index in [1.807, 2.05) is 13.0 Å². The summed E-state index contributed by atoms with van der Waals surface area (Å²) < 4.78 is 18.8. The SMILES string of the molecule is COc1ccc(C)cc1NC(=O)c1ccc(O)cc1F. The van der Waals surface area contributed by atoms with Crippen molar-refractivity contribution in [2.45, 2.75) is 6.92 Å². The van der Waals surface area contributed by atoms with Crippen LogP contribution in [0.4, 0.5) is 10.1 Å².